The molecule has 12 aromatic rings. The molecule has 2 aliphatic rings. The predicted molar refractivity (Wildman–Crippen MR) is 313 cm³/mol. The predicted octanol–water partition coefficient (Wildman–Crippen LogP) is 19.8. The molecule has 1 unspecified atom stereocenters. The topological polar surface area (TPSA) is 8.17 Å². The third-order valence-corrected chi connectivity index (χ3v) is 16.7. The van der Waals surface area contributed by atoms with E-state index in [0.717, 1.165) is 28.3 Å². The quantitative estimate of drug-likeness (QED) is 0.140. The zero-order valence-corrected chi connectivity index (χ0v) is 41.8. The number of para-hydroxylation sites is 5. The van der Waals surface area contributed by atoms with Gasteiger partial charge in [-0.15, -0.1) is 0 Å². The van der Waals surface area contributed by atoms with Gasteiger partial charge < -0.3 is 9.47 Å². The Labute approximate surface area is 434 Å². The van der Waals surface area contributed by atoms with Crippen LogP contribution in [0.5, 0.6) is 0 Å². The van der Waals surface area contributed by atoms with Crippen LogP contribution in [0.3, 0.4) is 0 Å². The van der Waals surface area contributed by atoms with E-state index in [9.17, 15) is 0 Å². The minimum Gasteiger partial charge on any atom is -0.309 e. The first-order chi connectivity index (χ1) is 36.6. The van der Waals surface area contributed by atoms with Gasteiger partial charge in [0.05, 0.1) is 22.4 Å². The van der Waals surface area contributed by atoms with Gasteiger partial charge in [-0.25, -0.2) is 0 Å². The summed E-state index contributed by atoms with van der Waals surface area (Å²) < 4.78 is 2.46. The van der Waals surface area contributed by atoms with Crippen molar-refractivity contribution in [3.05, 3.63) is 277 Å². The van der Waals surface area contributed by atoms with Crippen molar-refractivity contribution in [2.45, 2.75) is 50.4 Å². The fourth-order valence-corrected chi connectivity index (χ4v) is 13.2. The molecule has 2 heteroatoms. The molecule has 1 aromatic heterocycles. The smallest absolute Gasteiger partial charge is 0.0620 e. The van der Waals surface area contributed by atoms with Crippen molar-refractivity contribution in [1.82, 2.24) is 4.57 Å². The van der Waals surface area contributed by atoms with E-state index in [2.05, 4.69) is 271 Å². The maximum atomic E-state index is 2.54. The van der Waals surface area contributed by atoms with Gasteiger partial charge >= 0.3 is 0 Å². The minimum atomic E-state index is -0.277. The summed E-state index contributed by atoms with van der Waals surface area (Å²) in [4.78, 5) is 2.54. The summed E-state index contributed by atoms with van der Waals surface area (Å²) in [5.41, 5.74) is 22.0. The number of rotatable bonds is 9. The van der Waals surface area contributed by atoms with Crippen LogP contribution in [-0.2, 0) is 5.41 Å². The fourth-order valence-electron chi connectivity index (χ4n) is 13.2. The fraction of sp³-hybridized carbons (Fsp3) is 0.111. The van der Waals surface area contributed by atoms with Crippen LogP contribution in [0.15, 0.2) is 255 Å². The number of hydrogen-bond donors (Lipinski definition) is 0. The molecule has 1 atom stereocenters. The van der Waals surface area contributed by atoms with Crippen molar-refractivity contribution in [3.8, 4) is 50.2 Å². The summed E-state index contributed by atoms with van der Waals surface area (Å²) in [5, 5.41) is 5.17. The molecule has 11 aromatic carbocycles. The van der Waals surface area contributed by atoms with E-state index in [1.54, 1.807) is 0 Å². The molecule has 74 heavy (non-hydrogen) atoms. The average Bonchev–Trinajstić information content (AvgIpc) is 3.96. The van der Waals surface area contributed by atoms with Crippen molar-refractivity contribution in [2.24, 2.45) is 0 Å². The van der Waals surface area contributed by atoms with Crippen LogP contribution in [0, 0.1) is 0 Å². The summed E-state index contributed by atoms with van der Waals surface area (Å²) in [6.45, 7) is 2.40. The second-order valence-corrected chi connectivity index (χ2v) is 20.7. The van der Waals surface area contributed by atoms with Crippen LogP contribution in [0.4, 0.5) is 17.1 Å². The molecule has 0 N–H and O–H groups in total. The third kappa shape index (κ3) is 7.07. The maximum Gasteiger partial charge on any atom is 0.0620 e. The minimum absolute atomic E-state index is 0.277. The molecule has 0 radical (unpaired) electrons. The summed E-state index contributed by atoms with van der Waals surface area (Å²) in [6, 6.07) is 95.2. The Morgan fingerprint density at radius 3 is 1.76 bits per heavy atom. The molecule has 0 bridgehead atoms. The van der Waals surface area contributed by atoms with Crippen LogP contribution < -0.4 is 4.90 Å². The highest BCUT2D eigenvalue weighted by Gasteiger charge is 2.40. The molecule has 2 nitrogen and oxygen atoms in total. The Morgan fingerprint density at radius 2 is 0.986 bits per heavy atom. The second-order valence-electron chi connectivity index (χ2n) is 20.7. The van der Waals surface area contributed by atoms with Crippen molar-refractivity contribution in [2.75, 3.05) is 4.90 Å². The zero-order chi connectivity index (χ0) is 49.2. The van der Waals surface area contributed by atoms with E-state index >= 15 is 0 Å². The molecule has 2 aliphatic carbocycles. The van der Waals surface area contributed by atoms with Gasteiger partial charge in [0.2, 0.25) is 0 Å². The van der Waals surface area contributed by atoms with E-state index in [0.29, 0.717) is 5.92 Å². The molecule has 1 fully saturated rings. The summed E-state index contributed by atoms with van der Waals surface area (Å²) in [7, 11) is 0. The molecular weight excluding hydrogens is 893 g/mol. The van der Waals surface area contributed by atoms with E-state index < -0.39 is 0 Å². The second kappa shape index (κ2) is 18.1. The lowest BCUT2D eigenvalue weighted by atomic mass is 9.74. The van der Waals surface area contributed by atoms with Gasteiger partial charge in [0.1, 0.15) is 0 Å². The number of anilines is 3. The molecule has 354 valence electrons. The van der Waals surface area contributed by atoms with E-state index in [1.165, 1.54) is 126 Å². The van der Waals surface area contributed by atoms with Crippen molar-refractivity contribution in [1.29, 1.82) is 0 Å². The lowest BCUT2D eigenvalue weighted by molar-refractivity contribution is 0.445. The highest BCUT2D eigenvalue weighted by molar-refractivity contribution is 6.15. The van der Waals surface area contributed by atoms with Crippen LogP contribution in [0.25, 0.3) is 82.8 Å². The first-order valence-electron chi connectivity index (χ1n) is 26.6. The average molecular weight is 949 g/mol. The lowest BCUT2D eigenvalue weighted by Crippen LogP contribution is -2.22. The van der Waals surface area contributed by atoms with Crippen molar-refractivity contribution < 1.29 is 0 Å². The molecule has 14 rings (SSSR count). The first kappa shape index (κ1) is 44.0. The van der Waals surface area contributed by atoms with Crippen molar-refractivity contribution in [3.63, 3.8) is 0 Å². The Kier molecular flexibility index (Phi) is 10.8. The molecule has 1 saturated carbocycles. The maximum absolute atomic E-state index is 2.54. The number of nitrogens with zero attached hydrogens (tertiary/aromatic N) is 2. The third-order valence-electron chi connectivity index (χ3n) is 16.7. The first-order valence-corrected chi connectivity index (χ1v) is 26.6. The number of aromatic nitrogens is 1. The van der Waals surface area contributed by atoms with Gasteiger partial charge in [0.25, 0.3) is 0 Å². The van der Waals surface area contributed by atoms with Gasteiger partial charge in [0.15, 0.2) is 0 Å². The number of hydrogen-bond acceptors (Lipinski definition) is 1. The normalized spacial score (nSPS) is 15.4. The van der Waals surface area contributed by atoms with E-state index in [-0.39, 0.29) is 5.41 Å². The Morgan fingerprint density at radius 1 is 0.419 bits per heavy atom. The van der Waals surface area contributed by atoms with E-state index in [4.69, 9.17) is 0 Å². The standard InChI is InChI=1S/C72H56N2/c1-72(53-26-7-3-8-27-53)65-38-15-11-30-57(65)58-47-44-52(48-66(58)72)49-42-45-55(46-43-49)73(67-39-16-12-31-59(67)62-35-20-25-51-24-19-34-56(70(51)62)50-22-5-2-6-23-50)68-40-17-13-32-60(68)63-36-21-37-64-61-33-14-18-41-69(61)74(71(63)64)54-28-9-4-10-29-54/h3-4,7-21,24-48,50H,2,5-6,22-23H2,1H3. The van der Waals surface area contributed by atoms with Crippen molar-refractivity contribution >= 4 is 49.6 Å². The van der Waals surface area contributed by atoms with Gasteiger partial charge in [0, 0.05) is 44.3 Å². The monoisotopic (exact) mass is 948 g/mol. The molecule has 0 amide bonds. The Hall–Kier alpha value is -8.72. The van der Waals surface area contributed by atoms with Crippen LogP contribution in [-0.4, -0.2) is 4.57 Å². The summed E-state index contributed by atoms with van der Waals surface area (Å²) in [5.74, 6) is 0.556. The molecule has 0 spiro atoms. The SMILES string of the molecule is CC1(c2ccccc2)c2ccccc2-c2ccc(-c3ccc(N(c4ccccc4-c4cccc5cccc(C6CCCCC6)c45)c4ccccc4-c4cccc5c6ccccc6n(-c6ccccc6)c45)cc3)cc21. The summed E-state index contributed by atoms with van der Waals surface area (Å²) in [6.07, 6.45) is 6.41. The van der Waals surface area contributed by atoms with E-state index in [1.807, 2.05) is 0 Å². The Balaban J connectivity index is 0.978. The number of benzene rings is 11. The molecular formula is C72H56N2. The lowest BCUT2D eigenvalue weighted by Gasteiger charge is -2.31. The largest absolute Gasteiger partial charge is 0.309 e. The highest BCUT2D eigenvalue weighted by Crippen LogP contribution is 2.54. The van der Waals surface area contributed by atoms with Gasteiger partial charge in [-0.05, 0) is 135 Å². The number of fused-ring (bicyclic) bond motifs is 7. The van der Waals surface area contributed by atoms with Crippen LogP contribution in [0.2, 0.25) is 0 Å². The van der Waals surface area contributed by atoms with Crippen LogP contribution >= 0.6 is 0 Å². The van der Waals surface area contributed by atoms with Gasteiger partial charge in [-0.2, -0.15) is 0 Å². The molecule has 0 aliphatic heterocycles. The van der Waals surface area contributed by atoms with Gasteiger partial charge in [-0.3, -0.25) is 0 Å². The molecule has 0 saturated heterocycles. The highest BCUT2D eigenvalue weighted by atomic mass is 15.1. The zero-order valence-electron chi connectivity index (χ0n) is 41.8. The summed E-state index contributed by atoms with van der Waals surface area (Å²) >= 11 is 0. The van der Waals surface area contributed by atoms with Crippen LogP contribution in [0.1, 0.15) is 67.2 Å². The molecule has 1 heterocycles. The van der Waals surface area contributed by atoms with Gasteiger partial charge in [-0.1, -0.05) is 226 Å². The Bertz CT molecular complexity index is 4060.